The Balaban J connectivity index is 1.72. The summed E-state index contributed by atoms with van der Waals surface area (Å²) in [6.45, 7) is 6.29. The van der Waals surface area contributed by atoms with Gasteiger partial charge < -0.3 is 9.64 Å². The van der Waals surface area contributed by atoms with Gasteiger partial charge in [0.15, 0.2) is 5.82 Å². The quantitative estimate of drug-likeness (QED) is 0.324. The van der Waals surface area contributed by atoms with E-state index in [9.17, 15) is 19.3 Å². The molecule has 1 aromatic heterocycles. The molecule has 0 unspecified atom stereocenters. The molecular weight excluding hydrogens is 497 g/mol. The lowest BCUT2D eigenvalue weighted by molar-refractivity contribution is -0.385. The highest BCUT2D eigenvalue weighted by Crippen LogP contribution is 2.40. The van der Waals surface area contributed by atoms with Crippen molar-refractivity contribution in [3.05, 3.63) is 31.8 Å². The normalized spacial score (nSPS) is 21.0. The summed E-state index contributed by atoms with van der Waals surface area (Å²) < 4.78 is 20.1. The van der Waals surface area contributed by atoms with Crippen LogP contribution >= 0.6 is 27.5 Å². The number of amides is 1. The predicted molar refractivity (Wildman–Crippen MR) is 116 cm³/mol. The highest BCUT2D eigenvalue weighted by atomic mass is 79.9. The van der Waals surface area contributed by atoms with Crippen LogP contribution in [0.15, 0.2) is 10.5 Å². The van der Waals surface area contributed by atoms with Gasteiger partial charge in [-0.15, -0.1) is 0 Å². The zero-order chi connectivity index (χ0) is 22.7. The first-order valence-electron chi connectivity index (χ1n) is 9.72. The Hall–Kier alpha value is -2.27. The Morgan fingerprint density at radius 1 is 1.32 bits per heavy atom. The highest BCUT2D eigenvalue weighted by molar-refractivity contribution is 9.10. The number of carbonyl (C=O) groups excluding carboxylic acids is 1. The number of carbonyl (C=O) groups is 1. The number of ether oxygens (including phenoxy) is 1. The van der Waals surface area contributed by atoms with Crippen LogP contribution in [0.3, 0.4) is 0 Å². The Labute approximate surface area is 190 Å². The first kappa shape index (κ1) is 21.9. The third kappa shape index (κ3) is 4.00. The number of anilines is 1. The molecule has 0 aliphatic carbocycles. The molecule has 2 aromatic rings. The van der Waals surface area contributed by atoms with Gasteiger partial charge in [-0.25, -0.2) is 14.2 Å². The molecule has 0 radical (unpaired) electrons. The van der Waals surface area contributed by atoms with Crippen molar-refractivity contribution >= 4 is 56.0 Å². The summed E-state index contributed by atoms with van der Waals surface area (Å²) in [6.07, 6.45) is 1.21. The minimum atomic E-state index is -0.870. The van der Waals surface area contributed by atoms with Gasteiger partial charge in [-0.2, -0.15) is 4.98 Å². The van der Waals surface area contributed by atoms with Crippen LogP contribution in [0.25, 0.3) is 10.9 Å². The summed E-state index contributed by atoms with van der Waals surface area (Å²) in [5.74, 6) is -0.560. The smallest absolute Gasteiger partial charge is 0.410 e. The van der Waals surface area contributed by atoms with Crippen molar-refractivity contribution in [3.63, 3.8) is 0 Å². The van der Waals surface area contributed by atoms with E-state index >= 15 is 0 Å². The number of aromatic nitrogens is 2. The lowest BCUT2D eigenvalue weighted by Gasteiger charge is -2.42. The van der Waals surface area contributed by atoms with Gasteiger partial charge in [-0.05, 0) is 61.1 Å². The molecule has 2 aliphatic heterocycles. The maximum absolute atomic E-state index is 14.8. The number of benzene rings is 1. The van der Waals surface area contributed by atoms with Crippen LogP contribution in [0.5, 0.6) is 0 Å². The number of nitrogens with zero attached hydrogens (tertiary/aromatic N) is 5. The number of fused-ring (bicyclic) bond motifs is 3. The van der Waals surface area contributed by atoms with Crippen molar-refractivity contribution in [1.82, 2.24) is 14.9 Å². The third-order valence-corrected chi connectivity index (χ3v) is 6.31. The second-order valence-corrected chi connectivity index (χ2v) is 9.80. The minimum absolute atomic E-state index is 0.102. The van der Waals surface area contributed by atoms with E-state index in [1.54, 1.807) is 4.90 Å². The van der Waals surface area contributed by atoms with Crippen molar-refractivity contribution in [2.75, 3.05) is 18.0 Å². The fourth-order valence-corrected chi connectivity index (χ4v) is 4.82. The topological polar surface area (TPSA) is 102 Å². The van der Waals surface area contributed by atoms with Gasteiger partial charge in [0.05, 0.1) is 22.4 Å². The van der Waals surface area contributed by atoms with Crippen LogP contribution in [0, 0.1) is 15.9 Å². The summed E-state index contributed by atoms with van der Waals surface area (Å²) in [6, 6.07) is 1.01. The molecule has 0 saturated carbocycles. The van der Waals surface area contributed by atoms with Crippen LogP contribution in [-0.4, -0.2) is 56.7 Å². The highest BCUT2D eigenvalue weighted by Gasteiger charge is 2.45. The zero-order valence-corrected chi connectivity index (χ0v) is 19.4. The lowest BCUT2D eigenvalue weighted by Crippen LogP contribution is -2.57. The third-order valence-electron chi connectivity index (χ3n) is 5.39. The Morgan fingerprint density at radius 3 is 2.48 bits per heavy atom. The van der Waals surface area contributed by atoms with E-state index in [4.69, 9.17) is 16.3 Å². The fraction of sp³-hybridized carbons (Fsp3) is 0.526. The molecule has 1 amide bonds. The summed E-state index contributed by atoms with van der Waals surface area (Å²) in [5, 5.41) is 11.4. The van der Waals surface area contributed by atoms with Crippen molar-refractivity contribution in [2.24, 2.45) is 0 Å². The summed E-state index contributed by atoms with van der Waals surface area (Å²) >= 11 is 8.99. The molecule has 12 heteroatoms. The zero-order valence-electron chi connectivity index (χ0n) is 17.1. The molecule has 2 fully saturated rings. The van der Waals surface area contributed by atoms with Crippen LogP contribution in [0.4, 0.5) is 20.7 Å². The number of nitro groups is 1. The van der Waals surface area contributed by atoms with Crippen molar-refractivity contribution in [2.45, 2.75) is 51.3 Å². The number of hydrogen-bond acceptors (Lipinski definition) is 7. The molecule has 1 aromatic carbocycles. The number of hydrogen-bond donors (Lipinski definition) is 0. The fourth-order valence-electron chi connectivity index (χ4n) is 4.21. The van der Waals surface area contributed by atoms with Gasteiger partial charge in [0.1, 0.15) is 21.4 Å². The molecule has 2 saturated heterocycles. The van der Waals surface area contributed by atoms with E-state index in [0.29, 0.717) is 18.9 Å². The van der Waals surface area contributed by atoms with Crippen LogP contribution < -0.4 is 4.90 Å². The van der Waals surface area contributed by atoms with E-state index in [0.717, 1.165) is 12.8 Å². The van der Waals surface area contributed by atoms with Crippen LogP contribution in [0.2, 0.25) is 5.28 Å². The molecule has 9 nitrogen and oxygen atoms in total. The van der Waals surface area contributed by atoms with Gasteiger partial charge in [-0.3, -0.25) is 15.0 Å². The Kier molecular flexibility index (Phi) is 5.45. The average Bonchev–Trinajstić information content (AvgIpc) is 2.93. The summed E-state index contributed by atoms with van der Waals surface area (Å²) in [4.78, 5) is 35.3. The number of rotatable bonds is 2. The maximum Gasteiger partial charge on any atom is 0.410 e. The lowest BCUT2D eigenvalue weighted by atomic mass is 10.1. The summed E-state index contributed by atoms with van der Waals surface area (Å²) in [7, 11) is 0. The van der Waals surface area contributed by atoms with Crippen molar-refractivity contribution in [1.29, 1.82) is 0 Å². The van der Waals surface area contributed by atoms with E-state index < -0.39 is 22.0 Å². The summed E-state index contributed by atoms with van der Waals surface area (Å²) in [5.41, 5.74) is -1.13. The van der Waals surface area contributed by atoms with Gasteiger partial charge in [-0.1, -0.05) is 0 Å². The Bertz CT molecular complexity index is 1080. The SMILES string of the molecule is CC(C)(C)OC(=O)N1[C@@H]2CC[C@H]1CN(c1nc(Cl)nc3c(F)c(Br)c([N+](=O)[O-])cc13)C2. The minimum Gasteiger partial charge on any atom is -0.444 e. The molecule has 166 valence electrons. The Morgan fingerprint density at radius 2 is 1.94 bits per heavy atom. The predicted octanol–water partition coefficient (Wildman–Crippen LogP) is 4.68. The van der Waals surface area contributed by atoms with Gasteiger partial charge in [0.25, 0.3) is 5.69 Å². The standard InChI is InChI=1S/C19H20BrClFN5O4/c1-19(2,3)31-18(28)26-9-4-5-10(26)8-25(7-9)16-11-6-12(27(29)30)13(20)14(22)15(11)23-17(21)24-16/h6,9-10H,4-5,7-8H2,1-3H3/t9-,10+. The van der Waals surface area contributed by atoms with Gasteiger partial charge in [0.2, 0.25) is 5.28 Å². The van der Waals surface area contributed by atoms with E-state index in [1.807, 2.05) is 25.7 Å². The second-order valence-electron chi connectivity index (χ2n) is 8.67. The van der Waals surface area contributed by atoms with Crippen LogP contribution in [0.1, 0.15) is 33.6 Å². The number of piperazine rings is 1. The van der Waals surface area contributed by atoms with Gasteiger partial charge in [0, 0.05) is 19.2 Å². The molecule has 3 heterocycles. The van der Waals surface area contributed by atoms with Crippen molar-refractivity contribution in [3.8, 4) is 0 Å². The molecule has 4 rings (SSSR count). The van der Waals surface area contributed by atoms with Crippen LogP contribution in [-0.2, 0) is 4.74 Å². The monoisotopic (exact) mass is 515 g/mol. The first-order chi connectivity index (χ1) is 14.5. The number of halogens is 3. The molecule has 31 heavy (non-hydrogen) atoms. The van der Waals surface area contributed by atoms with Gasteiger partial charge >= 0.3 is 6.09 Å². The molecule has 2 aliphatic rings. The van der Waals surface area contributed by atoms with Crippen molar-refractivity contribution < 1.29 is 18.8 Å². The molecular formula is C19H20BrClFN5O4. The maximum atomic E-state index is 14.8. The van der Waals surface area contributed by atoms with E-state index in [1.165, 1.54) is 6.07 Å². The van der Waals surface area contributed by atoms with E-state index in [-0.39, 0.29) is 38.8 Å². The molecule has 2 bridgehead atoms. The largest absolute Gasteiger partial charge is 0.444 e. The molecule has 0 N–H and O–H groups in total. The number of nitro benzene ring substituents is 1. The molecule has 2 atom stereocenters. The first-order valence-corrected chi connectivity index (χ1v) is 10.9. The molecule has 0 spiro atoms. The second kappa shape index (κ2) is 7.70. The average molecular weight is 517 g/mol. The van der Waals surface area contributed by atoms with E-state index in [2.05, 4.69) is 25.9 Å².